The van der Waals surface area contributed by atoms with Crippen molar-refractivity contribution < 1.29 is 0 Å². The molecule has 2 aromatic heterocycles. The largest absolute Gasteiger partial charge is 0.359 e. The van der Waals surface area contributed by atoms with Gasteiger partial charge in [0, 0.05) is 48.7 Å². The van der Waals surface area contributed by atoms with Crippen molar-refractivity contribution in [3.05, 3.63) is 72.2 Å². The second-order valence-electron chi connectivity index (χ2n) is 6.93. The molecule has 0 bridgehead atoms. The molecule has 1 aromatic carbocycles. The Morgan fingerprint density at radius 2 is 1.72 bits per heavy atom. The number of hydrogen-bond donors (Lipinski definition) is 0. The fourth-order valence-corrected chi connectivity index (χ4v) is 3.39. The van der Waals surface area contributed by atoms with Crippen molar-refractivity contribution in [2.75, 3.05) is 18.5 Å². The number of pyridine rings is 1. The molecule has 0 saturated heterocycles. The second-order valence-corrected chi connectivity index (χ2v) is 6.93. The highest BCUT2D eigenvalue weighted by Crippen LogP contribution is 2.48. The predicted octanol–water partition coefficient (Wildman–Crippen LogP) is 4.02. The summed E-state index contributed by atoms with van der Waals surface area (Å²) in [6, 6.07) is 16.8. The molecule has 0 radical (unpaired) electrons. The fraction of sp³-hybridized carbons (Fsp3) is 0.286. The van der Waals surface area contributed by atoms with Gasteiger partial charge in [0.2, 0.25) is 0 Å². The molecule has 1 fully saturated rings. The van der Waals surface area contributed by atoms with E-state index in [2.05, 4.69) is 58.3 Å². The van der Waals surface area contributed by atoms with Crippen LogP contribution in [0.1, 0.15) is 24.1 Å². The van der Waals surface area contributed by atoms with Crippen LogP contribution in [0.4, 0.5) is 5.82 Å². The van der Waals surface area contributed by atoms with Gasteiger partial charge in [0.15, 0.2) is 5.82 Å². The highest BCUT2D eigenvalue weighted by molar-refractivity contribution is 5.57. The Bertz CT molecular complexity index is 858. The van der Waals surface area contributed by atoms with Crippen LogP contribution in [0.5, 0.6) is 0 Å². The SMILES string of the molecule is Cc1cc(N(C)CC2(c3ccccc3)CC2)nc(-c2ccncc2)n1. The van der Waals surface area contributed by atoms with Gasteiger partial charge >= 0.3 is 0 Å². The molecule has 1 aliphatic carbocycles. The van der Waals surface area contributed by atoms with Crippen LogP contribution in [0.3, 0.4) is 0 Å². The van der Waals surface area contributed by atoms with Gasteiger partial charge in [-0.1, -0.05) is 30.3 Å². The van der Waals surface area contributed by atoms with E-state index < -0.39 is 0 Å². The van der Waals surface area contributed by atoms with E-state index in [4.69, 9.17) is 4.98 Å². The Kier molecular flexibility index (Phi) is 3.96. The first-order valence-corrected chi connectivity index (χ1v) is 8.69. The molecule has 4 rings (SSSR count). The summed E-state index contributed by atoms with van der Waals surface area (Å²) in [5.74, 6) is 1.73. The standard InChI is InChI=1S/C21H22N4/c1-16-14-19(24-20(23-16)17-8-12-22-13-9-17)25(2)15-21(10-11-21)18-6-4-3-5-7-18/h3-9,12-14H,10-11,15H2,1-2H3. The summed E-state index contributed by atoms with van der Waals surface area (Å²) in [5.41, 5.74) is 3.68. The molecule has 4 heteroatoms. The van der Waals surface area contributed by atoms with E-state index in [1.807, 2.05) is 19.1 Å². The van der Waals surface area contributed by atoms with Crippen LogP contribution in [0.25, 0.3) is 11.4 Å². The van der Waals surface area contributed by atoms with Gasteiger partial charge in [-0.25, -0.2) is 9.97 Å². The van der Waals surface area contributed by atoms with Gasteiger partial charge < -0.3 is 4.90 Å². The minimum atomic E-state index is 0.270. The molecule has 3 aromatic rings. The maximum atomic E-state index is 4.80. The number of anilines is 1. The van der Waals surface area contributed by atoms with Gasteiger partial charge in [0.1, 0.15) is 5.82 Å². The number of aromatic nitrogens is 3. The Labute approximate surface area is 148 Å². The molecular formula is C21H22N4. The van der Waals surface area contributed by atoms with E-state index in [0.29, 0.717) is 0 Å². The summed E-state index contributed by atoms with van der Waals surface area (Å²) in [4.78, 5) is 15.7. The zero-order valence-corrected chi connectivity index (χ0v) is 14.7. The number of rotatable bonds is 5. The van der Waals surface area contributed by atoms with Crippen LogP contribution in [0.2, 0.25) is 0 Å². The van der Waals surface area contributed by atoms with Crippen molar-refractivity contribution in [1.29, 1.82) is 0 Å². The number of benzene rings is 1. The zero-order chi connectivity index (χ0) is 17.3. The van der Waals surface area contributed by atoms with Gasteiger partial charge in [-0.05, 0) is 37.5 Å². The number of nitrogens with zero attached hydrogens (tertiary/aromatic N) is 4. The molecule has 2 heterocycles. The lowest BCUT2D eigenvalue weighted by molar-refractivity contribution is 0.668. The van der Waals surface area contributed by atoms with Crippen LogP contribution < -0.4 is 4.90 Å². The van der Waals surface area contributed by atoms with Gasteiger partial charge in [-0.2, -0.15) is 0 Å². The van der Waals surface area contributed by atoms with Gasteiger partial charge in [-0.3, -0.25) is 4.98 Å². The van der Waals surface area contributed by atoms with Crippen molar-refractivity contribution in [2.45, 2.75) is 25.2 Å². The topological polar surface area (TPSA) is 41.9 Å². The number of hydrogen-bond acceptors (Lipinski definition) is 4. The minimum absolute atomic E-state index is 0.270. The van der Waals surface area contributed by atoms with Crippen LogP contribution in [0.15, 0.2) is 60.9 Å². The Balaban J connectivity index is 1.61. The molecule has 0 amide bonds. The summed E-state index contributed by atoms with van der Waals surface area (Å²) in [5, 5.41) is 0. The lowest BCUT2D eigenvalue weighted by atomic mass is 9.95. The smallest absolute Gasteiger partial charge is 0.161 e. The molecule has 0 N–H and O–H groups in total. The van der Waals surface area contributed by atoms with Crippen LogP contribution in [-0.4, -0.2) is 28.5 Å². The van der Waals surface area contributed by atoms with Crippen molar-refractivity contribution in [3.63, 3.8) is 0 Å². The average molecular weight is 330 g/mol. The van der Waals surface area contributed by atoms with Crippen molar-refractivity contribution in [1.82, 2.24) is 15.0 Å². The highest BCUT2D eigenvalue weighted by atomic mass is 15.2. The highest BCUT2D eigenvalue weighted by Gasteiger charge is 2.45. The molecule has 0 unspecified atom stereocenters. The number of likely N-dealkylation sites (N-methyl/N-ethyl adjacent to an activating group) is 1. The van der Waals surface area contributed by atoms with E-state index in [1.165, 1.54) is 18.4 Å². The minimum Gasteiger partial charge on any atom is -0.359 e. The normalized spacial score (nSPS) is 15.0. The first-order chi connectivity index (χ1) is 12.2. The molecule has 0 spiro atoms. The quantitative estimate of drug-likeness (QED) is 0.709. The second kappa shape index (κ2) is 6.28. The third-order valence-electron chi connectivity index (χ3n) is 4.95. The van der Waals surface area contributed by atoms with Gasteiger partial charge in [0.25, 0.3) is 0 Å². The molecule has 126 valence electrons. The Morgan fingerprint density at radius 1 is 1.00 bits per heavy atom. The molecule has 0 atom stereocenters. The number of aryl methyl sites for hydroxylation is 1. The average Bonchev–Trinajstić information content (AvgIpc) is 3.43. The van der Waals surface area contributed by atoms with Crippen molar-refractivity contribution in [2.24, 2.45) is 0 Å². The summed E-state index contributed by atoms with van der Waals surface area (Å²) in [6.45, 7) is 3.00. The molecule has 4 nitrogen and oxygen atoms in total. The first-order valence-electron chi connectivity index (χ1n) is 8.69. The molecule has 1 saturated carbocycles. The fourth-order valence-electron chi connectivity index (χ4n) is 3.39. The molecular weight excluding hydrogens is 308 g/mol. The monoisotopic (exact) mass is 330 g/mol. The summed E-state index contributed by atoms with van der Waals surface area (Å²) >= 11 is 0. The lowest BCUT2D eigenvalue weighted by Crippen LogP contribution is -2.30. The first kappa shape index (κ1) is 15.8. The Morgan fingerprint density at radius 3 is 2.40 bits per heavy atom. The van der Waals surface area contributed by atoms with E-state index >= 15 is 0 Å². The van der Waals surface area contributed by atoms with Gasteiger partial charge in [0.05, 0.1) is 0 Å². The van der Waals surface area contributed by atoms with Crippen molar-refractivity contribution in [3.8, 4) is 11.4 Å². The van der Waals surface area contributed by atoms with E-state index in [0.717, 1.165) is 29.4 Å². The predicted molar refractivity (Wildman–Crippen MR) is 101 cm³/mol. The molecule has 1 aliphatic rings. The molecule has 25 heavy (non-hydrogen) atoms. The van der Waals surface area contributed by atoms with Crippen molar-refractivity contribution >= 4 is 5.82 Å². The van der Waals surface area contributed by atoms with E-state index in [1.54, 1.807) is 12.4 Å². The third kappa shape index (κ3) is 3.25. The van der Waals surface area contributed by atoms with E-state index in [-0.39, 0.29) is 5.41 Å². The summed E-state index contributed by atoms with van der Waals surface area (Å²) in [7, 11) is 2.13. The maximum Gasteiger partial charge on any atom is 0.161 e. The van der Waals surface area contributed by atoms with Crippen LogP contribution in [0, 0.1) is 6.92 Å². The van der Waals surface area contributed by atoms with Crippen LogP contribution in [-0.2, 0) is 5.41 Å². The summed E-state index contributed by atoms with van der Waals surface area (Å²) in [6.07, 6.45) is 6.03. The summed E-state index contributed by atoms with van der Waals surface area (Å²) < 4.78 is 0. The van der Waals surface area contributed by atoms with Gasteiger partial charge in [-0.15, -0.1) is 0 Å². The maximum absolute atomic E-state index is 4.80. The third-order valence-corrected chi connectivity index (χ3v) is 4.95. The molecule has 0 aliphatic heterocycles. The Hall–Kier alpha value is -2.75. The van der Waals surface area contributed by atoms with Crippen LogP contribution >= 0.6 is 0 Å². The zero-order valence-electron chi connectivity index (χ0n) is 14.7. The lowest BCUT2D eigenvalue weighted by Gasteiger charge is -2.25. The van der Waals surface area contributed by atoms with E-state index in [9.17, 15) is 0 Å².